The number of amides is 2. The summed E-state index contributed by atoms with van der Waals surface area (Å²) in [6, 6.07) is 8.83. The molecule has 1 heterocycles. The Labute approximate surface area is 147 Å². The van der Waals surface area contributed by atoms with E-state index in [4.69, 9.17) is 4.74 Å². The maximum absolute atomic E-state index is 13.1. The molecule has 0 bridgehead atoms. The van der Waals surface area contributed by atoms with Crippen LogP contribution in [-0.2, 0) is 14.3 Å². The Kier molecular flexibility index (Phi) is 5.06. The van der Waals surface area contributed by atoms with E-state index < -0.39 is 5.54 Å². The first-order valence-electron chi connectivity index (χ1n) is 8.80. The molecular weight excluding hydrogens is 320 g/mol. The minimum atomic E-state index is -0.997. The first-order chi connectivity index (χ1) is 12.1. The van der Waals surface area contributed by atoms with Crippen molar-refractivity contribution in [3.8, 4) is 0 Å². The standard InChI is InChI=1S/C19H24N2O4/c1-25-17(23)15-12-19(13-15,18(24)21-10-6-3-7-11-21)20-16(22)14-8-4-2-5-9-14/h2,4-5,8-9,15H,3,6-7,10-13H2,1H3,(H,20,22). The first-order valence-corrected chi connectivity index (χ1v) is 8.80. The number of benzene rings is 1. The Hall–Kier alpha value is -2.37. The zero-order valence-corrected chi connectivity index (χ0v) is 14.5. The smallest absolute Gasteiger partial charge is 0.308 e. The Morgan fingerprint density at radius 2 is 1.72 bits per heavy atom. The van der Waals surface area contributed by atoms with E-state index >= 15 is 0 Å². The minimum Gasteiger partial charge on any atom is -0.469 e. The predicted octanol–water partition coefficient (Wildman–Crippen LogP) is 1.75. The van der Waals surface area contributed by atoms with Crippen LogP contribution in [0.15, 0.2) is 30.3 Å². The van der Waals surface area contributed by atoms with Crippen LogP contribution in [0.1, 0.15) is 42.5 Å². The van der Waals surface area contributed by atoms with Crippen molar-refractivity contribution >= 4 is 17.8 Å². The van der Waals surface area contributed by atoms with Gasteiger partial charge in [-0.3, -0.25) is 14.4 Å². The Morgan fingerprint density at radius 3 is 2.32 bits per heavy atom. The van der Waals surface area contributed by atoms with Gasteiger partial charge in [-0.25, -0.2) is 0 Å². The van der Waals surface area contributed by atoms with Gasteiger partial charge in [-0.05, 0) is 44.2 Å². The van der Waals surface area contributed by atoms with Gasteiger partial charge in [-0.15, -0.1) is 0 Å². The van der Waals surface area contributed by atoms with Gasteiger partial charge in [-0.1, -0.05) is 18.2 Å². The Balaban J connectivity index is 1.77. The summed E-state index contributed by atoms with van der Waals surface area (Å²) in [5.41, 5.74) is -0.488. The molecule has 0 radical (unpaired) electrons. The lowest BCUT2D eigenvalue weighted by atomic mass is 9.67. The molecule has 1 aliphatic heterocycles. The van der Waals surface area contributed by atoms with Gasteiger partial charge in [0.1, 0.15) is 5.54 Å². The minimum absolute atomic E-state index is 0.0726. The number of piperidine rings is 1. The molecule has 6 nitrogen and oxygen atoms in total. The molecule has 25 heavy (non-hydrogen) atoms. The van der Waals surface area contributed by atoms with Crippen LogP contribution in [-0.4, -0.2) is 48.4 Å². The van der Waals surface area contributed by atoms with E-state index in [2.05, 4.69) is 5.32 Å². The third kappa shape index (κ3) is 3.52. The number of carbonyl (C=O) groups excluding carboxylic acids is 3. The lowest BCUT2D eigenvalue weighted by Crippen LogP contribution is -2.67. The molecule has 0 aromatic heterocycles. The SMILES string of the molecule is COC(=O)C1CC(NC(=O)c2ccccc2)(C(=O)N2CCCCC2)C1. The van der Waals surface area contributed by atoms with Gasteiger partial charge in [0.25, 0.3) is 5.91 Å². The van der Waals surface area contributed by atoms with Crippen LogP contribution in [0.4, 0.5) is 0 Å². The van der Waals surface area contributed by atoms with Crippen molar-refractivity contribution in [3.05, 3.63) is 35.9 Å². The fourth-order valence-corrected chi connectivity index (χ4v) is 3.72. The number of likely N-dealkylation sites (tertiary alicyclic amines) is 1. The van der Waals surface area contributed by atoms with Crippen molar-refractivity contribution < 1.29 is 19.1 Å². The third-order valence-electron chi connectivity index (χ3n) is 5.17. The number of hydrogen-bond donors (Lipinski definition) is 1. The summed E-state index contributed by atoms with van der Waals surface area (Å²) in [6.45, 7) is 1.43. The average molecular weight is 344 g/mol. The van der Waals surface area contributed by atoms with E-state index in [1.54, 1.807) is 24.3 Å². The largest absolute Gasteiger partial charge is 0.469 e. The van der Waals surface area contributed by atoms with E-state index in [9.17, 15) is 14.4 Å². The summed E-state index contributed by atoms with van der Waals surface area (Å²) in [5, 5.41) is 2.91. The third-order valence-corrected chi connectivity index (χ3v) is 5.17. The molecule has 1 N–H and O–H groups in total. The van der Waals surface area contributed by atoms with E-state index in [-0.39, 0.29) is 23.7 Å². The van der Waals surface area contributed by atoms with Gasteiger partial charge in [0.15, 0.2) is 0 Å². The van der Waals surface area contributed by atoms with Gasteiger partial charge in [0.2, 0.25) is 5.91 Å². The van der Waals surface area contributed by atoms with Crippen molar-refractivity contribution in [2.24, 2.45) is 5.92 Å². The molecule has 1 aromatic rings. The molecular formula is C19H24N2O4. The first kappa shape index (κ1) is 17.5. The molecule has 0 spiro atoms. The second kappa shape index (κ2) is 7.25. The van der Waals surface area contributed by atoms with E-state index in [1.807, 2.05) is 11.0 Å². The van der Waals surface area contributed by atoms with Gasteiger partial charge in [0, 0.05) is 18.7 Å². The number of carbonyl (C=O) groups is 3. The number of nitrogens with one attached hydrogen (secondary N) is 1. The van der Waals surface area contributed by atoms with Crippen molar-refractivity contribution in [3.63, 3.8) is 0 Å². The fourth-order valence-electron chi connectivity index (χ4n) is 3.72. The summed E-state index contributed by atoms with van der Waals surface area (Å²) in [6.07, 6.45) is 3.68. The molecule has 1 aromatic carbocycles. The lowest BCUT2D eigenvalue weighted by Gasteiger charge is -2.48. The second-order valence-electron chi connectivity index (χ2n) is 6.88. The molecule has 2 aliphatic rings. The normalized spacial score (nSPS) is 25.6. The number of hydrogen-bond acceptors (Lipinski definition) is 4. The van der Waals surface area contributed by atoms with E-state index in [0.717, 1.165) is 19.3 Å². The van der Waals surface area contributed by atoms with Crippen LogP contribution in [0, 0.1) is 5.92 Å². The molecule has 134 valence electrons. The molecule has 0 unspecified atom stereocenters. The molecule has 1 saturated carbocycles. The molecule has 2 amide bonds. The summed E-state index contributed by atoms with van der Waals surface area (Å²) in [7, 11) is 1.34. The van der Waals surface area contributed by atoms with Crippen molar-refractivity contribution in [1.29, 1.82) is 0 Å². The zero-order valence-electron chi connectivity index (χ0n) is 14.5. The highest BCUT2D eigenvalue weighted by Crippen LogP contribution is 2.40. The highest BCUT2D eigenvalue weighted by atomic mass is 16.5. The number of methoxy groups -OCH3 is 1. The Bertz CT molecular complexity index is 647. The number of ether oxygens (including phenoxy) is 1. The maximum atomic E-state index is 13.1. The van der Waals surface area contributed by atoms with Gasteiger partial charge < -0.3 is 15.0 Å². The molecule has 0 atom stereocenters. The topological polar surface area (TPSA) is 75.7 Å². The number of rotatable bonds is 4. The summed E-state index contributed by atoms with van der Waals surface area (Å²) < 4.78 is 4.79. The summed E-state index contributed by atoms with van der Waals surface area (Å²) >= 11 is 0. The monoisotopic (exact) mass is 344 g/mol. The highest BCUT2D eigenvalue weighted by molar-refractivity contribution is 6.00. The highest BCUT2D eigenvalue weighted by Gasteiger charge is 2.55. The van der Waals surface area contributed by atoms with Crippen molar-refractivity contribution in [2.75, 3.05) is 20.2 Å². The zero-order chi connectivity index (χ0) is 17.9. The number of nitrogens with zero attached hydrogens (tertiary/aromatic N) is 1. The van der Waals surface area contributed by atoms with Crippen LogP contribution in [0.2, 0.25) is 0 Å². The van der Waals surface area contributed by atoms with Crippen LogP contribution < -0.4 is 5.32 Å². The summed E-state index contributed by atoms with van der Waals surface area (Å²) in [4.78, 5) is 39.3. The van der Waals surface area contributed by atoms with Crippen LogP contribution >= 0.6 is 0 Å². The lowest BCUT2D eigenvalue weighted by molar-refractivity contribution is -0.157. The van der Waals surface area contributed by atoms with Crippen LogP contribution in [0.3, 0.4) is 0 Å². The quantitative estimate of drug-likeness (QED) is 0.845. The van der Waals surface area contributed by atoms with Gasteiger partial charge in [0.05, 0.1) is 13.0 Å². The molecule has 3 rings (SSSR count). The van der Waals surface area contributed by atoms with Gasteiger partial charge >= 0.3 is 5.97 Å². The van der Waals surface area contributed by atoms with Crippen LogP contribution in [0.25, 0.3) is 0 Å². The molecule has 1 saturated heterocycles. The Morgan fingerprint density at radius 1 is 1.08 bits per heavy atom. The van der Waals surface area contributed by atoms with Crippen molar-refractivity contribution in [1.82, 2.24) is 10.2 Å². The molecule has 2 fully saturated rings. The predicted molar refractivity (Wildman–Crippen MR) is 91.8 cm³/mol. The summed E-state index contributed by atoms with van der Waals surface area (Å²) in [5.74, 6) is -1.02. The van der Waals surface area contributed by atoms with E-state index in [1.165, 1.54) is 7.11 Å². The average Bonchev–Trinajstić information content (AvgIpc) is 2.64. The second-order valence-corrected chi connectivity index (χ2v) is 6.88. The number of esters is 1. The van der Waals surface area contributed by atoms with E-state index in [0.29, 0.717) is 31.5 Å². The van der Waals surface area contributed by atoms with Crippen molar-refractivity contribution in [2.45, 2.75) is 37.6 Å². The molecule has 6 heteroatoms. The van der Waals surface area contributed by atoms with Gasteiger partial charge in [-0.2, -0.15) is 0 Å². The maximum Gasteiger partial charge on any atom is 0.308 e. The van der Waals surface area contributed by atoms with Crippen LogP contribution in [0.5, 0.6) is 0 Å². The fraction of sp³-hybridized carbons (Fsp3) is 0.526. The molecule has 1 aliphatic carbocycles.